The maximum Gasteiger partial charge on any atom is 0.238 e. The lowest BCUT2D eigenvalue weighted by Crippen LogP contribution is -2.50. The number of hydrogen-bond donors (Lipinski definition) is 1. The van der Waals surface area contributed by atoms with Crippen molar-refractivity contribution in [3.8, 4) is 0 Å². The molecular formula is C23H28N2O3. The Morgan fingerprint density at radius 2 is 1.75 bits per heavy atom. The SMILES string of the molecule is COCC(C)(C)NC(=O)C[C@@]1(Cc2ccccc2)C(=O)N(C)c2ccccc21. The van der Waals surface area contributed by atoms with Gasteiger partial charge in [-0.1, -0.05) is 48.5 Å². The average molecular weight is 380 g/mol. The van der Waals surface area contributed by atoms with Crippen LogP contribution in [0.5, 0.6) is 0 Å². The maximum absolute atomic E-state index is 13.4. The Morgan fingerprint density at radius 3 is 2.43 bits per heavy atom. The van der Waals surface area contributed by atoms with E-state index in [0.29, 0.717) is 13.0 Å². The van der Waals surface area contributed by atoms with E-state index in [0.717, 1.165) is 16.8 Å². The smallest absolute Gasteiger partial charge is 0.238 e. The van der Waals surface area contributed by atoms with Crippen LogP contribution < -0.4 is 10.2 Å². The van der Waals surface area contributed by atoms with Crippen molar-refractivity contribution in [2.75, 3.05) is 25.7 Å². The number of para-hydroxylation sites is 1. The largest absolute Gasteiger partial charge is 0.382 e. The van der Waals surface area contributed by atoms with Crippen LogP contribution in [0.3, 0.4) is 0 Å². The molecule has 0 bridgehead atoms. The Balaban J connectivity index is 1.99. The van der Waals surface area contributed by atoms with Crippen molar-refractivity contribution < 1.29 is 14.3 Å². The van der Waals surface area contributed by atoms with Crippen LogP contribution in [0.15, 0.2) is 54.6 Å². The van der Waals surface area contributed by atoms with Crippen molar-refractivity contribution in [3.05, 3.63) is 65.7 Å². The molecule has 0 unspecified atom stereocenters. The molecule has 5 heteroatoms. The monoisotopic (exact) mass is 380 g/mol. The molecule has 2 aromatic rings. The minimum atomic E-state index is -0.917. The Kier molecular flexibility index (Phi) is 5.57. The first kappa shape index (κ1) is 20.1. The summed E-state index contributed by atoms with van der Waals surface area (Å²) in [6, 6.07) is 17.6. The van der Waals surface area contributed by atoms with Gasteiger partial charge in [-0.25, -0.2) is 0 Å². The number of methoxy groups -OCH3 is 1. The minimum Gasteiger partial charge on any atom is -0.382 e. The molecule has 0 aromatic heterocycles. The van der Waals surface area contributed by atoms with Gasteiger partial charge in [-0.3, -0.25) is 9.59 Å². The molecule has 1 aliphatic rings. The highest BCUT2D eigenvalue weighted by atomic mass is 16.5. The van der Waals surface area contributed by atoms with E-state index in [9.17, 15) is 9.59 Å². The lowest BCUT2D eigenvalue weighted by Gasteiger charge is -2.31. The molecule has 0 aliphatic carbocycles. The van der Waals surface area contributed by atoms with Gasteiger partial charge in [0.2, 0.25) is 11.8 Å². The second-order valence-corrected chi connectivity index (χ2v) is 8.17. The molecule has 1 aliphatic heterocycles. The second kappa shape index (κ2) is 7.76. The number of hydrogen-bond acceptors (Lipinski definition) is 3. The summed E-state index contributed by atoms with van der Waals surface area (Å²) in [6.07, 6.45) is 0.571. The Labute approximate surface area is 166 Å². The summed E-state index contributed by atoms with van der Waals surface area (Å²) in [7, 11) is 3.39. The number of nitrogens with one attached hydrogen (secondary N) is 1. The number of likely N-dealkylation sites (N-methyl/N-ethyl adjacent to an activating group) is 1. The quantitative estimate of drug-likeness (QED) is 0.803. The summed E-state index contributed by atoms with van der Waals surface area (Å²) in [6.45, 7) is 4.22. The molecule has 28 heavy (non-hydrogen) atoms. The van der Waals surface area contributed by atoms with Gasteiger partial charge in [0.15, 0.2) is 0 Å². The van der Waals surface area contributed by atoms with Gasteiger partial charge in [-0.2, -0.15) is 0 Å². The summed E-state index contributed by atoms with van der Waals surface area (Å²) in [4.78, 5) is 28.1. The van der Waals surface area contributed by atoms with Gasteiger partial charge >= 0.3 is 0 Å². The normalized spacial score (nSPS) is 18.9. The van der Waals surface area contributed by atoms with Gasteiger partial charge in [0.1, 0.15) is 0 Å². The van der Waals surface area contributed by atoms with E-state index >= 15 is 0 Å². The second-order valence-electron chi connectivity index (χ2n) is 8.17. The molecule has 2 amide bonds. The molecule has 1 N–H and O–H groups in total. The molecule has 1 atom stereocenters. The van der Waals surface area contributed by atoms with Crippen LogP contribution in [0.2, 0.25) is 0 Å². The lowest BCUT2D eigenvalue weighted by atomic mass is 9.73. The van der Waals surface area contributed by atoms with Gasteiger partial charge in [-0.05, 0) is 37.5 Å². The van der Waals surface area contributed by atoms with Crippen LogP contribution in [0, 0.1) is 0 Å². The summed E-state index contributed by atoms with van der Waals surface area (Å²) in [5.41, 5.74) is 1.38. The highest BCUT2D eigenvalue weighted by molar-refractivity contribution is 6.10. The predicted molar refractivity (Wildman–Crippen MR) is 110 cm³/mol. The van der Waals surface area contributed by atoms with Crippen LogP contribution in [0.4, 0.5) is 5.69 Å². The Morgan fingerprint density at radius 1 is 1.11 bits per heavy atom. The Hall–Kier alpha value is -2.66. The molecule has 3 rings (SSSR count). The fourth-order valence-corrected chi connectivity index (χ4v) is 4.16. The van der Waals surface area contributed by atoms with Crippen LogP contribution in [0.25, 0.3) is 0 Å². The van der Waals surface area contributed by atoms with Crippen molar-refractivity contribution in [1.82, 2.24) is 5.32 Å². The third-order valence-corrected chi connectivity index (χ3v) is 5.29. The van der Waals surface area contributed by atoms with Crippen LogP contribution in [-0.2, 0) is 26.2 Å². The minimum absolute atomic E-state index is 0.0442. The molecular weight excluding hydrogens is 352 g/mol. The lowest BCUT2D eigenvalue weighted by molar-refractivity contribution is -0.130. The standard InChI is InChI=1S/C23H28N2O3/c1-22(2,16-28-4)24-20(26)15-23(14-17-10-6-5-7-11-17)18-12-8-9-13-19(18)25(3)21(23)27/h5-13H,14-16H2,1-4H3,(H,24,26)/t23-/m1/s1. The van der Waals surface area contributed by atoms with Crippen LogP contribution >= 0.6 is 0 Å². The Bertz CT molecular complexity index is 863. The molecule has 2 aromatic carbocycles. The van der Waals surface area contributed by atoms with E-state index in [2.05, 4.69) is 5.32 Å². The molecule has 0 radical (unpaired) electrons. The number of nitrogens with zero attached hydrogens (tertiary/aromatic N) is 1. The average Bonchev–Trinajstić information content (AvgIpc) is 2.84. The fourth-order valence-electron chi connectivity index (χ4n) is 4.16. The van der Waals surface area contributed by atoms with Crippen molar-refractivity contribution >= 4 is 17.5 Å². The van der Waals surface area contributed by atoms with Gasteiger partial charge < -0.3 is 15.0 Å². The van der Waals surface area contributed by atoms with E-state index in [-0.39, 0.29) is 18.2 Å². The predicted octanol–water partition coefficient (Wildman–Crippen LogP) is 3.07. The number of benzene rings is 2. The van der Waals surface area contributed by atoms with Crippen molar-refractivity contribution in [3.63, 3.8) is 0 Å². The fraction of sp³-hybridized carbons (Fsp3) is 0.391. The van der Waals surface area contributed by atoms with E-state index in [1.807, 2.05) is 68.4 Å². The maximum atomic E-state index is 13.4. The molecule has 0 saturated carbocycles. The summed E-state index contributed by atoms with van der Waals surface area (Å²) in [5, 5.41) is 3.03. The number of ether oxygens (including phenoxy) is 1. The number of rotatable bonds is 7. The number of carbonyl (C=O) groups excluding carboxylic acids is 2. The van der Waals surface area contributed by atoms with E-state index < -0.39 is 11.0 Å². The first-order valence-corrected chi connectivity index (χ1v) is 9.51. The van der Waals surface area contributed by atoms with Gasteiger partial charge in [-0.15, -0.1) is 0 Å². The van der Waals surface area contributed by atoms with E-state index in [4.69, 9.17) is 4.74 Å². The van der Waals surface area contributed by atoms with Gasteiger partial charge in [0, 0.05) is 26.3 Å². The molecule has 0 saturated heterocycles. The van der Waals surface area contributed by atoms with E-state index in [1.165, 1.54) is 0 Å². The topological polar surface area (TPSA) is 58.6 Å². The first-order chi connectivity index (χ1) is 13.3. The summed E-state index contributed by atoms with van der Waals surface area (Å²) >= 11 is 0. The number of amides is 2. The molecule has 1 heterocycles. The molecule has 148 valence electrons. The number of fused-ring (bicyclic) bond motifs is 1. The van der Waals surface area contributed by atoms with E-state index in [1.54, 1.807) is 19.1 Å². The zero-order chi connectivity index (χ0) is 20.4. The van der Waals surface area contributed by atoms with Crippen LogP contribution in [-0.4, -0.2) is 38.1 Å². The van der Waals surface area contributed by atoms with Crippen molar-refractivity contribution in [2.45, 2.75) is 37.6 Å². The summed E-state index contributed by atoms with van der Waals surface area (Å²) < 4.78 is 5.20. The van der Waals surface area contributed by atoms with Gasteiger partial charge in [0.05, 0.1) is 17.6 Å². The molecule has 0 spiro atoms. The number of carbonyl (C=O) groups is 2. The third-order valence-electron chi connectivity index (χ3n) is 5.29. The van der Waals surface area contributed by atoms with Crippen molar-refractivity contribution in [2.24, 2.45) is 0 Å². The first-order valence-electron chi connectivity index (χ1n) is 9.51. The highest BCUT2D eigenvalue weighted by Gasteiger charge is 2.51. The molecule has 5 nitrogen and oxygen atoms in total. The van der Waals surface area contributed by atoms with Crippen LogP contribution in [0.1, 0.15) is 31.4 Å². The van der Waals surface area contributed by atoms with Gasteiger partial charge in [0.25, 0.3) is 0 Å². The number of anilines is 1. The highest BCUT2D eigenvalue weighted by Crippen LogP contribution is 2.45. The zero-order valence-electron chi connectivity index (χ0n) is 17.0. The third kappa shape index (κ3) is 3.80. The molecule has 0 fully saturated rings. The van der Waals surface area contributed by atoms with Crippen molar-refractivity contribution in [1.29, 1.82) is 0 Å². The summed E-state index contributed by atoms with van der Waals surface area (Å²) in [5.74, 6) is -0.200. The zero-order valence-corrected chi connectivity index (χ0v) is 17.0.